The smallest absolute Gasteiger partial charge is 0.417 e. The van der Waals surface area contributed by atoms with E-state index in [-0.39, 0.29) is 17.8 Å². The molecule has 1 aromatic heterocycles. The minimum atomic E-state index is -4.46. The van der Waals surface area contributed by atoms with Gasteiger partial charge in [0.1, 0.15) is 11.5 Å². The molecule has 0 aliphatic heterocycles. The van der Waals surface area contributed by atoms with Gasteiger partial charge in [0.15, 0.2) is 0 Å². The Balaban J connectivity index is 1.64. The highest BCUT2D eigenvalue weighted by molar-refractivity contribution is 5.94. The molecule has 3 rings (SSSR count). The van der Waals surface area contributed by atoms with Crippen molar-refractivity contribution < 1.29 is 27.4 Å². The molecule has 156 valence electrons. The summed E-state index contributed by atoms with van der Waals surface area (Å²) in [7, 11) is 1.57. The summed E-state index contributed by atoms with van der Waals surface area (Å²) in [4.78, 5) is 16.2. The van der Waals surface area contributed by atoms with E-state index in [1.807, 2.05) is 31.2 Å². The van der Waals surface area contributed by atoms with Crippen molar-refractivity contribution in [2.75, 3.05) is 7.11 Å². The van der Waals surface area contributed by atoms with E-state index in [0.717, 1.165) is 17.7 Å². The van der Waals surface area contributed by atoms with Crippen LogP contribution >= 0.6 is 0 Å². The summed E-state index contributed by atoms with van der Waals surface area (Å²) in [5.74, 6) is 0.757. The molecule has 0 saturated carbocycles. The molecule has 8 heteroatoms. The number of halogens is 3. The molecule has 0 bridgehead atoms. The molecule has 1 heterocycles. The molecule has 0 fully saturated rings. The van der Waals surface area contributed by atoms with Crippen LogP contribution in [0, 0.1) is 0 Å². The maximum atomic E-state index is 12.6. The van der Waals surface area contributed by atoms with Gasteiger partial charge >= 0.3 is 6.18 Å². The Bertz CT molecular complexity index is 1000. The summed E-state index contributed by atoms with van der Waals surface area (Å²) in [6.07, 6.45) is -3.75. The van der Waals surface area contributed by atoms with Crippen molar-refractivity contribution in [3.63, 3.8) is 0 Å². The van der Waals surface area contributed by atoms with Gasteiger partial charge in [0, 0.05) is 23.4 Å². The van der Waals surface area contributed by atoms with Crippen LogP contribution in [0.5, 0.6) is 17.4 Å². The normalized spacial score (nSPS) is 12.2. The molecule has 0 aliphatic carbocycles. The van der Waals surface area contributed by atoms with E-state index in [1.165, 1.54) is 0 Å². The lowest BCUT2D eigenvalue weighted by atomic mass is 10.1. The van der Waals surface area contributed by atoms with Crippen molar-refractivity contribution in [2.45, 2.75) is 19.1 Å². The van der Waals surface area contributed by atoms with Crippen molar-refractivity contribution in [2.24, 2.45) is 0 Å². The molecule has 30 heavy (non-hydrogen) atoms. The lowest BCUT2D eigenvalue weighted by Crippen LogP contribution is -2.26. The maximum Gasteiger partial charge on any atom is 0.417 e. The third-order valence-corrected chi connectivity index (χ3v) is 4.36. The minimum absolute atomic E-state index is 0.0185. The second kappa shape index (κ2) is 8.86. The number of aromatic nitrogens is 1. The van der Waals surface area contributed by atoms with Crippen molar-refractivity contribution in [3.05, 3.63) is 83.6 Å². The molecule has 3 aromatic rings. The molecule has 1 amide bonds. The minimum Gasteiger partial charge on any atom is -0.496 e. The van der Waals surface area contributed by atoms with Crippen molar-refractivity contribution in [1.29, 1.82) is 0 Å². The molecule has 0 spiro atoms. The second-order valence-corrected chi connectivity index (χ2v) is 6.45. The number of benzene rings is 2. The Morgan fingerprint density at radius 1 is 1.03 bits per heavy atom. The molecular weight excluding hydrogens is 397 g/mol. The fourth-order valence-corrected chi connectivity index (χ4v) is 2.79. The Morgan fingerprint density at radius 3 is 2.33 bits per heavy atom. The largest absolute Gasteiger partial charge is 0.496 e. The number of para-hydroxylation sites is 1. The zero-order valence-corrected chi connectivity index (χ0v) is 16.2. The van der Waals surface area contributed by atoms with Gasteiger partial charge < -0.3 is 14.8 Å². The summed E-state index contributed by atoms with van der Waals surface area (Å²) in [6.45, 7) is 1.85. The van der Waals surface area contributed by atoms with Crippen LogP contribution in [0.15, 0.2) is 66.9 Å². The summed E-state index contributed by atoms with van der Waals surface area (Å²) in [5.41, 5.74) is 0.400. The summed E-state index contributed by atoms with van der Waals surface area (Å²) in [6, 6.07) is 15.4. The van der Waals surface area contributed by atoms with Crippen molar-refractivity contribution in [3.8, 4) is 17.4 Å². The SMILES string of the molecule is COc1ccccc1C(C)NC(=O)c1ccc(Oc2ccc(C(F)(F)F)cn2)cc1. The van der Waals surface area contributed by atoms with E-state index < -0.39 is 11.7 Å². The van der Waals surface area contributed by atoms with Gasteiger partial charge in [-0.2, -0.15) is 13.2 Å². The molecule has 1 unspecified atom stereocenters. The summed E-state index contributed by atoms with van der Waals surface area (Å²) >= 11 is 0. The molecule has 5 nitrogen and oxygen atoms in total. The van der Waals surface area contributed by atoms with Gasteiger partial charge in [-0.3, -0.25) is 4.79 Å². The Kier molecular flexibility index (Phi) is 6.25. The van der Waals surface area contributed by atoms with E-state index >= 15 is 0 Å². The van der Waals surface area contributed by atoms with Crippen LogP contribution in [-0.4, -0.2) is 18.0 Å². The number of hydrogen-bond acceptors (Lipinski definition) is 4. The highest BCUT2D eigenvalue weighted by Crippen LogP contribution is 2.30. The van der Waals surface area contributed by atoms with Gasteiger partial charge in [0.05, 0.1) is 18.7 Å². The molecule has 1 N–H and O–H groups in total. The van der Waals surface area contributed by atoms with Crippen LogP contribution in [0.25, 0.3) is 0 Å². The van der Waals surface area contributed by atoms with Crippen LogP contribution in [0.1, 0.15) is 34.5 Å². The average molecular weight is 416 g/mol. The Labute approximate surface area is 171 Å². The number of pyridine rings is 1. The zero-order chi connectivity index (χ0) is 21.7. The molecule has 1 atom stereocenters. The van der Waals surface area contributed by atoms with E-state index in [0.29, 0.717) is 23.3 Å². The summed E-state index contributed by atoms with van der Waals surface area (Å²) < 4.78 is 48.5. The number of ether oxygens (including phenoxy) is 2. The number of carbonyl (C=O) groups is 1. The average Bonchev–Trinajstić information content (AvgIpc) is 2.74. The maximum absolute atomic E-state index is 12.6. The van der Waals surface area contributed by atoms with E-state index in [1.54, 1.807) is 31.4 Å². The Morgan fingerprint density at radius 2 is 1.73 bits per heavy atom. The zero-order valence-electron chi connectivity index (χ0n) is 16.2. The first-order valence-electron chi connectivity index (χ1n) is 9.03. The van der Waals surface area contributed by atoms with Gasteiger partial charge in [-0.15, -0.1) is 0 Å². The van der Waals surface area contributed by atoms with Gasteiger partial charge in [-0.05, 0) is 43.3 Å². The number of methoxy groups -OCH3 is 1. The number of hydrogen-bond donors (Lipinski definition) is 1. The van der Waals surface area contributed by atoms with Crippen LogP contribution in [0.4, 0.5) is 13.2 Å². The fourth-order valence-electron chi connectivity index (χ4n) is 2.79. The van der Waals surface area contributed by atoms with Crippen LogP contribution < -0.4 is 14.8 Å². The first-order chi connectivity index (χ1) is 14.3. The number of alkyl halides is 3. The number of rotatable bonds is 6. The van der Waals surface area contributed by atoms with Gasteiger partial charge in [0.25, 0.3) is 5.91 Å². The first kappa shape index (κ1) is 21.2. The highest BCUT2D eigenvalue weighted by Gasteiger charge is 2.30. The monoisotopic (exact) mass is 416 g/mol. The quantitative estimate of drug-likeness (QED) is 0.585. The van der Waals surface area contributed by atoms with Crippen LogP contribution in [0.2, 0.25) is 0 Å². The predicted molar refractivity (Wildman–Crippen MR) is 105 cm³/mol. The van der Waals surface area contributed by atoms with Crippen molar-refractivity contribution >= 4 is 5.91 Å². The van der Waals surface area contributed by atoms with Gasteiger partial charge in [-0.25, -0.2) is 4.98 Å². The molecule has 2 aromatic carbocycles. The predicted octanol–water partition coefficient (Wildman–Crippen LogP) is 5.39. The molecule has 0 radical (unpaired) electrons. The standard InChI is InChI=1S/C22H19F3N2O3/c1-14(18-5-3-4-6-19(18)29-2)27-21(28)15-7-10-17(11-8-15)30-20-12-9-16(13-26-20)22(23,24)25/h3-14H,1-2H3,(H,27,28). The first-order valence-corrected chi connectivity index (χ1v) is 9.03. The van der Waals surface area contributed by atoms with Crippen molar-refractivity contribution in [1.82, 2.24) is 10.3 Å². The highest BCUT2D eigenvalue weighted by atomic mass is 19.4. The number of amides is 1. The Hall–Kier alpha value is -3.55. The topological polar surface area (TPSA) is 60.5 Å². The third-order valence-electron chi connectivity index (χ3n) is 4.36. The third kappa shape index (κ3) is 5.08. The van der Waals surface area contributed by atoms with Gasteiger partial charge in [0.2, 0.25) is 5.88 Å². The number of nitrogens with zero attached hydrogens (tertiary/aromatic N) is 1. The fraction of sp³-hybridized carbons (Fsp3) is 0.182. The molecule has 0 aliphatic rings. The van der Waals surface area contributed by atoms with E-state index in [2.05, 4.69) is 10.3 Å². The number of nitrogens with one attached hydrogen (secondary N) is 1. The lowest BCUT2D eigenvalue weighted by molar-refractivity contribution is -0.137. The van der Waals surface area contributed by atoms with Gasteiger partial charge in [-0.1, -0.05) is 18.2 Å². The lowest BCUT2D eigenvalue weighted by Gasteiger charge is -2.17. The molecular formula is C22H19F3N2O3. The second-order valence-electron chi connectivity index (χ2n) is 6.45. The van der Waals surface area contributed by atoms with Crippen LogP contribution in [-0.2, 0) is 6.18 Å². The summed E-state index contributed by atoms with van der Waals surface area (Å²) in [5, 5.41) is 2.90. The number of carbonyl (C=O) groups excluding carboxylic acids is 1. The molecule has 0 saturated heterocycles. The van der Waals surface area contributed by atoms with Crippen LogP contribution in [0.3, 0.4) is 0 Å². The van der Waals surface area contributed by atoms with E-state index in [9.17, 15) is 18.0 Å². The van der Waals surface area contributed by atoms with E-state index in [4.69, 9.17) is 9.47 Å².